The molecule has 1 saturated carbocycles. The average Bonchev–Trinajstić information content (AvgIpc) is 3.60. The van der Waals surface area contributed by atoms with Gasteiger partial charge in [-0.3, -0.25) is 19.3 Å². The van der Waals surface area contributed by atoms with Gasteiger partial charge in [-0.2, -0.15) is 0 Å². The molecule has 9 rings (SSSR count). The van der Waals surface area contributed by atoms with Crippen molar-refractivity contribution in [3.05, 3.63) is 98.9 Å². The van der Waals surface area contributed by atoms with Gasteiger partial charge in [0.25, 0.3) is 17.7 Å². The molecule has 4 aromatic rings. The van der Waals surface area contributed by atoms with E-state index in [4.69, 9.17) is 14.7 Å². The minimum atomic E-state index is -0.378. The highest BCUT2D eigenvalue weighted by molar-refractivity contribution is 7.16. The molecule has 5 aliphatic rings. The molecular formula is C40H40N6O4S. The van der Waals surface area contributed by atoms with Gasteiger partial charge < -0.3 is 20.3 Å². The van der Waals surface area contributed by atoms with E-state index in [0.717, 1.165) is 105 Å². The van der Waals surface area contributed by atoms with Crippen molar-refractivity contribution in [2.24, 2.45) is 10.4 Å². The number of nitrogens with one attached hydrogen (secondary N) is 2. The summed E-state index contributed by atoms with van der Waals surface area (Å²) in [5.74, 6) is 0.341. The zero-order valence-corrected chi connectivity index (χ0v) is 29.4. The van der Waals surface area contributed by atoms with Crippen LogP contribution in [0, 0.1) is 5.41 Å². The number of aromatic nitrogens is 1. The summed E-state index contributed by atoms with van der Waals surface area (Å²) >= 11 is 1.40. The smallest absolute Gasteiger partial charge is 0.261 e. The number of hydrogen-bond acceptors (Lipinski definition) is 8. The second kappa shape index (κ2) is 12.7. The second-order valence-corrected chi connectivity index (χ2v) is 15.7. The minimum Gasteiger partial charge on any atom is -0.381 e. The van der Waals surface area contributed by atoms with Crippen molar-refractivity contribution in [1.29, 1.82) is 0 Å². The topological polar surface area (TPSA) is 116 Å². The summed E-state index contributed by atoms with van der Waals surface area (Å²) in [6.07, 6.45) is 7.09. The summed E-state index contributed by atoms with van der Waals surface area (Å²) in [4.78, 5) is 56.3. The number of anilines is 3. The molecule has 1 spiro atoms. The van der Waals surface area contributed by atoms with Gasteiger partial charge in [0.05, 0.1) is 38.4 Å². The van der Waals surface area contributed by atoms with Crippen LogP contribution < -0.4 is 20.4 Å². The zero-order chi connectivity index (χ0) is 34.7. The standard InChI is InChI=1S/C40H40N6O4S/c1-24-35(33-15-16-34(51-33)38(48)42-28-13-14-28)43-31-6-2-3-8-32(31)46(24)39(49)25-9-11-27(12-10-25)41-37(47)29-21-26-5-4-7-30(26)44-36(29)45-22-40(23-45)17-19-50-20-18-40/h2-3,6,8-12,15-16,21,24,28H,4-5,7,13-14,17-20,22-23H2,1H3,(H,41,47)(H,42,48)/t24-/m1/s1. The maximum atomic E-state index is 14.2. The van der Waals surface area contributed by atoms with Gasteiger partial charge >= 0.3 is 0 Å². The molecule has 11 heteroatoms. The molecule has 5 heterocycles. The molecule has 2 aromatic carbocycles. The Bertz CT molecular complexity index is 2070. The largest absolute Gasteiger partial charge is 0.381 e. The van der Waals surface area contributed by atoms with E-state index in [-0.39, 0.29) is 35.2 Å². The molecule has 1 atom stereocenters. The number of benzene rings is 2. The number of ether oxygens (including phenoxy) is 1. The number of carbonyl (C=O) groups is 3. The van der Waals surface area contributed by atoms with Crippen LogP contribution >= 0.6 is 11.3 Å². The lowest BCUT2D eigenvalue weighted by atomic mass is 9.73. The van der Waals surface area contributed by atoms with Crippen molar-refractivity contribution >= 4 is 57.7 Å². The van der Waals surface area contributed by atoms with E-state index in [1.165, 1.54) is 11.3 Å². The van der Waals surface area contributed by atoms with Gasteiger partial charge in [-0.05, 0) is 112 Å². The van der Waals surface area contributed by atoms with Crippen LogP contribution in [0.15, 0.2) is 71.7 Å². The highest BCUT2D eigenvalue weighted by Gasteiger charge is 2.45. The lowest BCUT2D eigenvalue weighted by molar-refractivity contribution is -0.000521. The Morgan fingerprint density at radius 2 is 1.73 bits per heavy atom. The maximum absolute atomic E-state index is 14.2. The van der Waals surface area contributed by atoms with E-state index >= 15 is 0 Å². The predicted molar refractivity (Wildman–Crippen MR) is 199 cm³/mol. The first-order chi connectivity index (χ1) is 24.8. The van der Waals surface area contributed by atoms with Crippen LogP contribution in [0.3, 0.4) is 0 Å². The zero-order valence-electron chi connectivity index (χ0n) is 28.6. The lowest BCUT2D eigenvalue weighted by Crippen LogP contribution is -2.59. The first kappa shape index (κ1) is 32.1. The number of aryl methyl sites for hydroxylation is 2. The van der Waals surface area contributed by atoms with E-state index in [9.17, 15) is 14.4 Å². The van der Waals surface area contributed by atoms with Gasteiger partial charge in [0, 0.05) is 54.7 Å². The molecule has 0 unspecified atom stereocenters. The number of nitrogens with zero attached hydrogens (tertiary/aromatic N) is 4. The van der Waals surface area contributed by atoms with Crippen molar-refractivity contribution in [1.82, 2.24) is 10.3 Å². The average molecular weight is 701 g/mol. The number of hydrogen-bond donors (Lipinski definition) is 2. The fourth-order valence-electron chi connectivity index (χ4n) is 7.88. The predicted octanol–water partition coefficient (Wildman–Crippen LogP) is 6.56. The Labute approximate surface area is 300 Å². The van der Waals surface area contributed by atoms with Crippen LogP contribution in [0.1, 0.15) is 85.6 Å². The summed E-state index contributed by atoms with van der Waals surface area (Å²) in [6.45, 7) is 5.35. The van der Waals surface area contributed by atoms with Crippen molar-refractivity contribution in [3.8, 4) is 0 Å². The summed E-state index contributed by atoms with van der Waals surface area (Å²) in [5, 5.41) is 6.14. The van der Waals surface area contributed by atoms with Crippen molar-refractivity contribution in [3.63, 3.8) is 0 Å². The Morgan fingerprint density at radius 1 is 0.941 bits per heavy atom. The molecule has 2 aliphatic carbocycles. The molecule has 0 bridgehead atoms. The van der Waals surface area contributed by atoms with Crippen LogP contribution in [0.25, 0.3) is 0 Å². The number of aliphatic imine (C=N–C) groups is 1. The first-order valence-electron chi connectivity index (χ1n) is 18.0. The van der Waals surface area contributed by atoms with Crippen LogP contribution in [0.2, 0.25) is 0 Å². The lowest BCUT2D eigenvalue weighted by Gasteiger charge is -2.53. The first-order valence-corrected chi connectivity index (χ1v) is 18.8. The number of pyridine rings is 1. The monoisotopic (exact) mass is 700 g/mol. The van der Waals surface area contributed by atoms with Crippen LogP contribution in [0.4, 0.5) is 22.9 Å². The van der Waals surface area contributed by atoms with Gasteiger partial charge in [0.1, 0.15) is 5.82 Å². The SMILES string of the molecule is C[C@@H]1C(c2ccc(C(=O)NC3CC3)s2)=Nc2ccccc2N1C(=O)c1ccc(NC(=O)c2cc3c(nc2N2CC4(CCOCC4)C2)CCC3)cc1. The highest BCUT2D eigenvalue weighted by atomic mass is 32.1. The number of rotatable bonds is 7. The fourth-order valence-corrected chi connectivity index (χ4v) is 8.86. The number of carbonyl (C=O) groups excluding carboxylic acids is 3. The summed E-state index contributed by atoms with van der Waals surface area (Å²) in [5.41, 5.74) is 6.39. The fraction of sp³-hybridized carbons (Fsp3) is 0.375. The molecule has 51 heavy (non-hydrogen) atoms. The van der Waals surface area contributed by atoms with E-state index in [1.54, 1.807) is 29.2 Å². The van der Waals surface area contributed by atoms with Gasteiger partial charge in [0.15, 0.2) is 0 Å². The minimum absolute atomic E-state index is 0.0640. The normalized spacial score (nSPS) is 20.3. The van der Waals surface area contributed by atoms with Gasteiger partial charge in [-0.15, -0.1) is 11.3 Å². The molecule has 2 saturated heterocycles. The number of amides is 3. The maximum Gasteiger partial charge on any atom is 0.261 e. The van der Waals surface area contributed by atoms with E-state index in [0.29, 0.717) is 27.4 Å². The van der Waals surface area contributed by atoms with Crippen LogP contribution in [-0.2, 0) is 17.6 Å². The number of fused-ring (bicyclic) bond motifs is 2. The third-order valence-electron chi connectivity index (χ3n) is 10.9. The quantitative estimate of drug-likeness (QED) is 0.226. The molecular weight excluding hydrogens is 661 g/mol. The van der Waals surface area contributed by atoms with Gasteiger partial charge in [-0.1, -0.05) is 12.1 Å². The molecule has 3 fully saturated rings. The Kier molecular flexibility index (Phi) is 8.00. The van der Waals surface area contributed by atoms with E-state index in [1.807, 2.05) is 49.4 Å². The van der Waals surface area contributed by atoms with E-state index < -0.39 is 0 Å². The third kappa shape index (κ3) is 6.02. The molecule has 2 aromatic heterocycles. The van der Waals surface area contributed by atoms with Gasteiger partial charge in [0.2, 0.25) is 0 Å². The number of para-hydroxylation sites is 2. The summed E-state index contributed by atoms with van der Waals surface area (Å²) < 4.78 is 5.61. The van der Waals surface area contributed by atoms with Crippen LogP contribution in [0.5, 0.6) is 0 Å². The molecule has 10 nitrogen and oxygen atoms in total. The Morgan fingerprint density at radius 3 is 2.51 bits per heavy atom. The highest BCUT2D eigenvalue weighted by Crippen LogP contribution is 2.43. The van der Waals surface area contributed by atoms with Crippen molar-refractivity contribution < 1.29 is 19.1 Å². The van der Waals surface area contributed by atoms with E-state index in [2.05, 4.69) is 15.5 Å². The third-order valence-corrected chi connectivity index (χ3v) is 12.1. The molecule has 3 amide bonds. The molecule has 260 valence electrons. The van der Waals surface area contributed by atoms with Crippen molar-refractivity contribution in [2.45, 2.75) is 64.0 Å². The second-order valence-electron chi connectivity index (χ2n) is 14.6. The molecule has 2 N–H and O–H groups in total. The van der Waals surface area contributed by atoms with Crippen LogP contribution in [-0.4, -0.2) is 66.8 Å². The number of thiophene rings is 1. The summed E-state index contributed by atoms with van der Waals surface area (Å²) in [7, 11) is 0. The Balaban J connectivity index is 0.935. The Hall–Kier alpha value is -4.87. The van der Waals surface area contributed by atoms with Gasteiger partial charge in [-0.25, -0.2) is 9.98 Å². The summed E-state index contributed by atoms with van der Waals surface area (Å²) in [6, 6.07) is 20.4. The molecule has 3 aliphatic heterocycles. The molecule has 0 radical (unpaired) electrons. The van der Waals surface area contributed by atoms with Crippen molar-refractivity contribution in [2.75, 3.05) is 41.4 Å².